The van der Waals surface area contributed by atoms with Gasteiger partial charge in [0.15, 0.2) is 0 Å². The van der Waals surface area contributed by atoms with E-state index in [9.17, 15) is 26.4 Å². The molecule has 0 aliphatic heterocycles. The number of amides is 1. The number of para-hydroxylation sites is 1. The van der Waals surface area contributed by atoms with Crippen LogP contribution >= 0.6 is 0 Å². The topological polar surface area (TPSA) is 75.3 Å². The van der Waals surface area contributed by atoms with Gasteiger partial charge in [-0.25, -0.2) is 8.42 Å². The Morgan fingerprint density at radius 3 is 2.33 bits per heavy atom. The highest BCUT2D eigenvalue weighted by molar-refractivity contribution is 7.92. The molecule has 2 N–H and O–H groups in total. The number of hydrogen-bond acceptors (Lipinski definition) is 3. The molecule has 0 bridgehead atoms. The van der Waals surface area contributed by atoms with Gasteiger partial charge in [-0.1, -0.05) is 18.2 Å². The molecule has 0 fully saturated rings. The first-order chi connectivity index (χ1) is 11.1. The Balaban J connectivity index is 2.27. The van der Waals surface area contributed by atoms with Gasteiger partial charge in [0.25, 0.3) is 5.91 Å². The van der Waals surface area contributed by atoms with Gasteiger partial charge in [0.2, 0.25) is 10.0 Å². The van der Waals surface area contributed by atoms with Gasteiger partial charge in [-0.15, -0.1) is 0 Å². The molecule has 0 saturated carbocycles. The van der Waals surface area contributed by atoms with Gasteiger partial charge in [0, 0.05) is 11.3 Å². The summed E-state index contributed by atoms with van der Waals surface area (Å²) in [6, 6.07) is 10.0. The molecule has 128 valence electrons. The molecule has 0 aliphatic carbocycles. The zero-order chi connectivity index (χ0) is 18.0. The van der Waals surface area contributed by atoms with E-state index >= 15 is 0 Å². The average Bonchev–Trinajstić information content (AvgIpc) is 2.45. The van der Waals surface area contributed by atoms with E-state index in [0.29, 0.717) is 0 Å². The summed E-state index contributed by atoms with van der Waals surface area (Å²) in [5.41, 5.74) is -1.20. The van der Waals surface area contributed by atoms with Crippen molar-refractivity contribution in [2.45, 2.75) is 6.18 Å². The molecule has 0 radical (unpaired) electrons. The molecule has 0 saturated heterocycles. The molecular formula is C15H13F3N2O3S. The quantitative estimate of drug-likeness (QED) is 0.880. The highest BCUT2D eigenvalue weighted by Crippen LogP contribution is 2.34. The molecule has 1 amide bonds. The van der Waals surface area contributed by atoms with Gasteiger partial charge in [0.05, 0.1) is 17.5 Å². The summed E-state index contributed by atoms with van der Waals surface area (Å²) in [4.78, 5) is 12.2. The Labute approximate surface area is 136 Å². The van der Waals surface area contributed by atoms with Crippen molar-refractivity contribution in [3.8, 4) is 0 Å². The molecule has 0 aliphatic rings. The number of halogens is 3. The largest absolute Gasteiger partial charge is 0.418 e. The number of alkyl halides is 3. The third kappa shape index (κ3) is 4.72. The molecule has 2 rings (SSSR count). The summed E-state index contributed by atoms with van der Waals surface area (Å²) in [7, 11) is -3.54. The summed E-state index contributed by atoms with van der Waals surface area (Å²) in [6.45, 7) is 0. The van der Waals surface area contributed by atoms with Crippen molar-refractivity contribution in [1.82, 2.24) is 0 Å². The van der Waals surface area contributed by atoms with Gasteiger partial charge < -0.3 is 5.32 Å². The Morgan fingerprint density at radius 1 is 1.04 bits per heavy atom. The third-order valence-corrected chi connectivity index (χ3v) is 3.52. The Bertz CT molecular complexity index is 864. The fraction of sp³-hybridized carbons (Fsp3) is 0.133. The summed E-state index contributed by atoms with van der Waals surface area (Å²) >= 11 is 0. The first kappa shape index (κ1) is 17.8. The zero-order valence-corrected chi connectivity index (χ0v) is 13.2. The number of anilines is 2. The normalized spacial score (nSPS) is 11.8. The van der Waals surface area contributed by atoms with Crippen molar-refractivity contribution in [2.24, 2.45) is 0 Å². The van der Waals surface area contributed by atoms with Crippen LogP contribution in [-0.4, -0.2) is 20.6 Å². The minimum atomic E-state index is -4.61. The number of nitrogens with one attached hydrogen (secondary N) is 2. The van der Waals surface area contributed by atoms with Crippen LogP contribution in [0.5, 0.6) is 0 Å². The molecule has 0 heterocycles. The SMILES string of the molecule is CS(=O)(=O)Nc1cccc(C(=O)Nc2ccccc2C(F)(F)F)c1. The minimum absolute atomic E-state index is 0.0145. The number of rotatable bonds is 4. The first-order valence-electron chi connectivity index (χ1n) is 6.62. The van der Waals surface area contributed by atoms with Crippen LogP contribution in [0.3, 0.4) is 0 Å². The Morgan fingerprint density at radius 2 is 1.71 bits per heavy atom. The van der Waals surface area contributed by atoms with Gasteiger partial charge in [0.1, 0.15) is 0 Å². The molecule has 0 atom stereocenters. The van der Waals surface area contributed by atoms with Crippen LogP contribution in [0.4, 0.5) is 24.5 Å². The van der Waals surface area contributed by atoms with Crippen LogP contribution in [0.2, 0.25) is 0 Å². The van der Waals surface area contributed by atoms with Crippen LogP contribution in [-0.2, 0) is 16.2 Å². The lowest BCUT2D eigenvalue weighted by Gasteiger charge is -2.14. The fourth-order valence-corrected chi connectivity index (χ4v) is 2.53. The molecule has 2 aromatic carbocycles. The lowest BCUT2D eigenvalue weighted by atomic mass is 10.1. The van der Waals surface area contributed by atoms with E-state index in [1.54, 1.807) is 0 Å². The molecule has 5 nitrogen and oxygen atoms in total. The van der Waals surface area contributed by atoms with Crippen molar-refractivity contribution in [3.63, 3.8) is 0 Å². The molecule has 0 spiro atoms. The fourth-order valence-electron chi connectivity index (χ4n) is 1.97. The zero-order valence-electron chi connectivity index (χ0n) is 12.4. The molecular weight excluding hydrogens is 345 g/mol. The van der Waals surface area contributed by atoms with Gasteiger partial charge in [-0.05, 0) is 30.3 Å². The van der Waals surface area contributed by atoms with E-state index in [4.69, 9.17) is 0 Å². The lowest BCUT2D eigenvalue weighted by molar-refractivity contribution is -0.136. The minimum Gasteiger partial charge on any atom is -0.321 e. The number of sulfonamides is 1. The maximum absolute atomic E-state index is 12.9. The predicted molar refractivity (Wildman–Crippen MR) is 84.3 cm³/mol. The van der Waals surface area contributed by atoms with E-state index in [-0.39, 0.29) is 16.9 Å². The first-order valence-corrected chi connectivity index (χ1v) is 8.51. The van der Waals surface area contributed by atoms with Crippen molar-refractivity contribution >= 4 is 27.3 Å². The monoisotopic (exact) mass is 358 g/mol. The van der Waals surface area contributed by atoms with Gasteiger partial charge in [-0.3, -0.25) is 9.52 Å². The van der Waals surface area contributed by atoms with Gasteiger partial charge in [-0.2, -0.15) is 13.2 Å². The number of hydrogen-bond donors (Lipinski definition) is 2. The van der Waals surface area contributed by atoms with Crippen LogP contribution in [0.25, 0.3) is 0 Å². The second-order valence-corrected chi connectivity index (χ2v) is 6.70. The van der Waals surface area contributed by atoms with Crippen LogP contribution < -0.4 is 10.0 Å². The Kier molecular flexibility index (Phi) is 4.83. The number of benzene rings is 2. The molecule has 9 heteroatoms. The van der Waals surface area contributed by atoms with E-state index < -0.39 is 27.7 Å². The number of carbonyl (C=O) groups excluding carboxylic acids is 1. The summed E-state index contributed by atoms with van der Waals surface area (Å²) < 4.78 is 63.3. The highest BCUT2D eigenvalue weighted by atomic mass is 32.2. The van der Waals surface area contributed by atoms with E-state index in [2.05, 4.69) is 10.0 Å². The van der Waals surface area contributed by atoms with Gasteiger partial charge >= 0.3 is 6.18 Å². The molecule has 0 unspecified atom stereocenters. The van der Waals surface area contributed by atoms with Crippen LogP contribution in [0.1, 0.15) is 15.9 Å². The maximum Gasteiger partial charge on any atom is 0.418 e. The second-order valence-electron chi connectivity index (χ2n) is 4.95. The lowest BCUT2D eigenvalue weighted by Crippen LogP contribution is -2.17. The van der Waals surface area contributed by atoms with Crippen molar-refractivity contribution in [2.75, 3.05) is 16.3 Å². The predicted octanol–water partition coefficient (Wildman–Crippen LogP) is 3.33. The number of carbonyl (C=O) groups is 1. The van der Waals surface area contributed by atoms with Crippen LogP contribution in [0, 0.1) is 0 Å². The molecule has 2 aromatic rings. The molecule has 0 aromatic heterocycles. The smallest absolute Gasteiger partial charge is 0.321 e. The third-order valence-electron chi connectivity index (χ3n) is 2.91. The summed E-state index contributed by atoms with van der Waals surface area (Å²) in [5.74, 6) is -0.788. The second kappa shape index (κ2) is 6.52. The van der Waals surface area contributed by atoms with Crippen molar-refractivity contribution in [3.05, 3.63) is 59.7 Å². The highest BCUT2D eigenvalue weighted by Gasteiger charge is 2.33. The standard InChI is InChI=1S/C15H13F3N2O3S/c1-24(22,23)20-11-6-4-5-10(9-11)14(21)19-13-8-3-2-7-12(13)15(16,17)18/h2-9,20H,1H3,(H,19,21). The summed E-state index contributed by atoms with van der Waals surface area (Å²) in [6.07, 6.45) is -3.66. The van der Waals surface area contributed by atoms with Crippen molar-refractivity contribution < 1.29 is 26.4 Å². The van der Waals surface area contributed by atoms with E-state index in [0.717, 1.165) is 18.4 Å². The maximum atomic E-state index is 12.9. The van der Waals surface area contributed by atoms with E-state index in [1.807, 2.05) is 0 Å². The average molecular weight is 358 g/mol. The van der Waals surface area contributed by atoms with E-state index in [1.165, 1.54) is 36.4 Å². The summed E-state index contributed by atoms with van der Waals surface area (Å²) in [5, 5.41) is 2.19. The van der Waals surface area contributed by atoms with Crippen molar-refractivity contribution in [1.29, 1.82) is 0 Å². The molecule has 24 heavy (non-hydrogen) atoms. The van der Waals surface area contributed by atoms with Crippen LogP contribution in [0.15, 0.2) is 48.5 Å². The Hall–Kier alpha value is -2.55.